The number of β-amino-alcohol motifs (C(OH)–C–C–N with tert-alkyl or cyclic N) is 1. The average Bonchev–Trinajstić information content (AvgIpc) is 2.86. The standard InChI is InChI=1S/C19H18F4N2O4S/c20-13-6-4-12(9-16(13)23)24-19(27)11-3-5-15(22)18(8-11)30(28,29)25-7-1-2-14(21)17(26)10-25/h3-6,8-9,14,17,26H,1-2,7,10H2,(H,24,27)/t14?,17-/m0/s1. The third-order valence-electron chi connectivity index (χ3n) is 4.68. The van der Waals surface area contributed by atoms with Gasteiger partial charge in [-0.1, -0.05) is 0 Å². The molecule has 0 spiro atoms. The van der Waals surface area contributed by atoms with Crippen LogP contribution in [-0.2, 0) is 10.0 Å². The van der Waals surface area contributed by atoms with Crippen molar-refractivity contribution in [1.29, 1.82) is 0 Å². The molecule has 1 aliphatic heterocycles. The number of sulfonamides is 1. The van der Waals surface area contributed by atoms with Crippen LogP contribution < -0.4 is 5.32 Å². The highest BCUT2D eigenvalue weighted by Crippen LogP contribution is 2.25. The van der Waals surface area contributed by atoms with Crippen molar-refractivity contribution < 1.29 is 35.9 Å². The second-order valence-corrected chi connectivity index (χ2v) is 8.72. The van der Waals surface area contributed by atoms with E-state index in [-0.39, 0.29) is 30.6 Å². The van der Waals surface area contributed by atoms with Crippen LogP contribution in [0.25, 0.3) is 0 Å². The van der Waals surface area contributed by atoms with Crippen LogP contribution >= 0.6 is 0 Å². The van der Waals surface area contributed by atoms with Gasteiger partial charge in [-0.25, -0.2) is 26.0 Å². The van der Waals surface area contributed by atoms with E-state index in [0.717, 1.165) is 40.7 Å². The number of carbonyl (C=O) groups excluding carboxylic acids is 1. The van der Waals surface area contributed by atoms with Crippen molar-refractivity contribution in [2.45, 2.75) is 30.0 Å². The zero-order valence-corrected chi connectivity index (χ0v) is 16.3. The Morgan fingerprint density at radius 2 is 1.77 bits per heavy atom. The molecular formula is C19H18F4N2O4S. The van der Waals surface area contributed by atoms with Crippen LogP contribution in [0.5, 0.6) is 0 Å². The van der Waals surface area contributed by atoms with Gasteiger partial charge in [0.1, 0.15) is 16.9 Å². The molecule has 1 heterocycles. The Hall–Kier alpha value is -2.50. The maximum atomic E-state index is 14.3. The number of hydrogen-bond acceptors (Lipinski definition) is 4. The second kappa shape index (κ2) is 8.70. The van der Waals surface area contributed by atoms with Crippen LogP contribution in [-0.4, -0.2) is 49.1 Å². The molecule has 0 bridgehead atoms. The molecule has 162 valence electrons. The Balaban J connectivity index is 1.88. The smallest absolute Gasteiger partial charge is 0.255 e. The van der Waals surface area contributed by atoms with E-state index >= 15 is 0 Å². The van der Waals surface area contributed by atoms with Crippen LogP contribution in [0.1, 0.15) is 23.2 Å². The summed E-state index contributed by atoms with van der Waals surface area (Å²) in [5, 5.41) is 12.0. The summed E-state index contributed by atoms with van der Waals surface area (Å²) >= 11 is 0. The molecule has 1 amide bonds. The summed E-state index contributed by atoms with van der Waals surface area (Å²) in [7, 11) is -4.47. The van der Waals surface area contributed by atoms with E-state index in [2.05, 4.69) is 5.32 Å². The second-order valence-electron chi connectivity index (χ2n) is 6.82. The van der Waals surface area contributed by atoms with E-state index in [4.69, 9.17) is 0 Å². The lowest BCUT2D eigenvalue weighted by atomic mass is 10.1. The van der Waals surface area contributed by atoms with Gasteiger partial charge < -0.3 is 10.4 Å². The van der Waals surface area contributed by atoms with E-state index < -0.39 is 57.1 Å². The summed E-state index contributed by atoms with van der Waals surface area (Å²) in [4.78, 5) is 11.6. The molecule has 1 fully saturated rings. The van der Waals surface area contributed by atoms with Gasteiger partial charge in [-0.2, -0.15) is 4.31 Å². The Bertz CT molecular complexity index is 1060. The lowest BCUT2D eigenvalue weighted by Crippen LogP contribution is -2.39. The predicted molar refractivity (Wildman–Crippen MR) is 99.6 cm³/mol. The molecule has 6 nitrogen and oxygen atoms in total. The topological polar surface area (TPSA) is 86.7 Å². The summed E-state index contributed by atoms with van der Waals surface area (Å²) in [5.74, 6) is -4.31. The first-order chi connectivity index (χ1) is 14.1. The fraction of sp³-hybridized carbons (Fsp3) is 0.316. The summed E-state index contributed by atoms with van der Waals surface area (Å²) in [6, 6.07) is 5.24. The molecule has 2 aromatic rings. The van der Waals surface area contributed by atoms with Gasteiger partial charge in [0.2, 0.25) is 10.0 Å². The van der Waals surface area contributed by atoms with Crippen molar-refractivity contribution in [3.05, 3.63) is 59.4 Å². The van der Waals surface area contributed by atoms with Crippen molar-refractivity contribution in [2.75, 3.05) is 18.4 Å². The highest BCUT2D eigenvalue weighted by Gasteiger charge is 2.34. The quantitative estimate of drug-likeness (QED) is 0.708. The molecule has 3 rings (SSSR count). The summed E-state index contributed by atoms with van der Waals surface area (Å²) in [6.45, 7) is -0.668. The Labute approximate surface area is 170 Å². The maximum absolute atomic E-state index is 14.3. The number of rotatable bonds is 4. The number of alkyl halides is 1. The van der Waals surface area contributed by atoms with Crippen molar-refractivity contribution in [3.8, 4) is 0 Å². The number of halogens is 4. The number of carbonyl (C=O) groups is 1. The zero-order valence-electron chi connectivity index (χ0n) is 15.5. The molecule has 0 saturated carbocycles. The van der Waals surface area contributed by atoms with Gasteiger partial charge in [-0.05, 0) is 43.2 Å². The first kappa shape index (κ1) is 22.2. The van der Waals surface area contributed by atoms with E-state index in [9.17, 15) is 35.9 Å². The van der Waals surface area contributed by atoms with Crippen molar-refractivity contribution in [3.63, 3.8) is 0 Å². The SMILES string of the molecule is O=C(Nc1ccc(F)c(F)c1)c1ccc(F)c(S(=O)(=O)N2CCCC(F)[C@@H](O)C2)c1. The molecule has 30 heavy (non-hydrogen) atoms. The number of aliphatic hydroxyl groups is 1. The van der Waals surface area contributed by atoms with Crippen LogP contribution in [0.3, 0.4) is 0 Å². The number of anilines is 1. The minimum Gasteiger partial charge on any atom is -0.389 e. The molecule has 1 unspecified atom stereocenters. The minimum atomic E-state index is -4.47. The Morgan fingerprint density at radius 1 is 1.07 bits per heavy atom. The highest BCUT2D eigenvalue weighted by molar-refractivity contribution is 7.89. The fourth-order valence-corrected chi connectivity index (χ4v) is 4.63. The maximum Gasteiger partial charge on any atom is 0.255 e. The largest absolute Gasteiger partial charge is 0.389 e. The number of aliphatic hydroxyl groups excluding tert-OH is 1. The Kier molecular flexibility index (Phi) is 6.44. The fourth-order valence-electron chi connectivity index (χ4n) is 3.05. The van der Waals surface area contributed by atoms with Gasteiger partial charge in [0.05, 0.1) is 6.10 Å². The highest BCUT2D eigenvalue weighted by atomic mass is 32.2. The van der Waals surface area contributed by atoms with E-state index in [1.807, 2.05) is 0 Å². The first-order valence-corrected chi connectivity index (χ1v) is 10.4. The van der Waals surface area contributed by atoms with E-state index in [0.29, 0.717) is 0 Å². The first-order valence-electron chi connectivity index (χ1n) is 8.98. The molecule has 2 aromatic carbocycles. The van der Waals surface area contributed by atoms with Crippen LogP contribution in [0, 0.1) is 17.5 Å². The van der Waals surface area contributed by atoms with Gasteiger partial charge in [-0.3, -0.25) is 4.79 Å². The molecule has 0 aromatic heterocycles. The molecule has 2 atom stereocenters. The summed E-state index contributed by atoms with van der Waals surface area (Å²) < 4.78 is 80.8. The lowest BCUT2D eigenvalue weighted by molar-refractivity contribution is 0.0710. The van der Waals surface area contributed by atoms with Crippen molar-refractivity contribution >= 4 is 21.6 Å². The molecule has 1 saturated heterocycles. The monoisotopic (exact) mass is 446 g/mol. The zero-order chi connectivity index (χ0) is 22.1. The normalized spacial score (nSPS) is 20.6. The van der Waals surface area contributed by atoms with Gasteiger partial charge in [0, 0.05) is 30.4 Å². The summed E-state index contributed by atoms with van der Waals surface area (Å²) in [5.41, 5.74) is -0.337. The van der Waals surface area contributed by atoms with Gasteiger partial charge >= 0.3 is 0 Å². The molecule has 0 aliphatic carbocycles. The van der Waals surface area contributed by atoms with Crippen molar-refractivity contribution in [2.24, 2.45) is 0 Å². The number of nitrogens with zero attached hydrogens (tertiary/aromatic N) is 1. The predicted octanol–water partition coefficient (Wildman–Crippen LogP) is 2.84. The average molecular weight is 446 g/mol. The molecule has 1 aliphatic rings. The molecular weight excluding hydrogens is 428 g/mol. The van der Waals surface area contributed by atoms with Gasteiger partial charge in [0.25, 0.3) is 5.91 Å². The molecule has 0 radical (unpaired) electrons. The molecule has 11 heteroatoms. The number of benzene rings is 2. The Morgan fingerprint density at radius 3 is 2.47 bits per heavy atom. The minimum absolute atomic E-state index is 0.0354. The van der Waals surface area contributed by atoms with Crippen LogP contribution in [0.4, 0.5) is 23.2 Å². The summed E-state index contributed by atoms with van der Waals surface area (Å²) in [6.07, 6.45) is -3.05. The third kappa shape index (κ3) is 4.63. The van der Waals surface area contributed by atoms with Crippen LogP contribution in [0.2, 0.25) is 0 Å². The van der Waals surface area contributed by atoms with Crippen molar-refractivity contribution in [1.82, 2.24) is 4.31 Å². The van der Waals surface area contributed by atoms with E-state index in [1.165, 1.54) is 0 Å². The lowest BCUT2D eigenvalue weighted by Gasteiger charge is -2.22. The van der Waals surface area contributed by atoms with Crippen LogP contribution in [0.15, 0.2) is 41.3 Å². The number of amides is 1. The van der Waals surface area contributed by atoms with Gasteiger partial charge in [0.15, 0.2) is 11.6 Å². The number of hydrogen-bond donors (Lipinski definition) is 2. The van der Waals surface area contributed by atoms with E-state index in [1.54, 1.807) is 0 Å². The molecule has 2 N–H and O–H groups in total. The number of nitrogens with one attached hydrogen (secondary N) is 1. The third-order valence-corrected chi connectivity index (χ3v) is 6.56. The van der Waals surface area contributed by atoms with Gasteiger partial charge in [-0.15, -0.1) is 0 Å².